The van der Waals surface area contributed by atoms with E-state index in [2.05, 4.69) is 9.84 Å². The third-order valence-electron chi connectivity index (χ3n) is 2.68. The number of benzene rings is 1. The van der Waals surface area contributed by atoms with Gasteiger partial charge in [0.15, 0.2) is 13.2 Å². The summed E-state index contributed by atoms with van der Waals surface area (Å²) in [5.41, 5.74) is 2.06. The van der Waals surface area contributed by atoms with Crippen LogP contribution in [0.5, 0.6) is 0 Å². The number of halogens is 1. The van der Waals surface area contributed by atoms with Crippen LogP contribution in [0.2, 0.25) is 0 Å². The average Bonchev–Trinajstić information content (AvgIpc) is 2.35. The Morgan fingerprint density at radius 2 is 2.11 bits per heavy atom. The molecule has 2 rings (SSSR count). The Labute approximate surface area is 123 Å². The van der Waals surface area contributed by atoms with E-state index in [0.29, 0.717) is 12.8 Å². The molecule has 18 heavy (non-hydrogen) atoms. The minimum absolute atomic E-state index is 0. The number of aromatic nitrogens is 2. The van der Waals surface area contributed by atoms with E-state index in [1.807, 2.05) is 37.5 Å². The summed E-state index contributed by atoms with van der Waals surface area (Å²) in [5, 5.41) is 5.48. The van der Waals surface area contributed by atoms with Gasteiger partial charge in [-0.15, -0.1) is 0 Å². The molecule has 0 N–H and O–H groups in total. The molecule has 0 aliphatic carbocycles. The summed E-state index contributed by atoms with van der Waals surface area (Å²) in [6, 6.07) is 7.93. The van der Waals surface area contributed by atoms with Crippen molar-refractivity contribution in [2.75, 3.05) is 7.11 Å². The standard InChI is InChI=1S/C13H15N2O2.HI/c1-15-9-10(7-8-13(16)17-2)11-5-3-4-6-12(11)14-15;/h3-6,9H,7-8H2,1-2H3;1H/q+1;/p-1. The number of aryl methyl sites for hydroxylation is 2. The van der Waals surface area contributed by atoms with Gasteiger partial charge < -0.3 is 28.7 Å². The maximum atomic E-state index is 11.2. The molecular formula is C13H15IN2O2. The van der Waals surface area contributed by atoms with Gasteiger partial charge in [-0.25, -0.2) is 0 Å². The molecule has 96 valence electrons. The van der Waals surface area contributed by atoms with E-state index in [0.717, 1.165) is 16.5 Å². The fourth-order valence-corrected chi connectivity index (χ4v) is 1.86. The molecule has 0 unspecified atom stereocenters. The van der Waals surface area contributed by atoms with E-state index in [-0.39, 0.29) is 29.9 Å². The first-order valence-electron chi connectivity index (χ1n) is 5.52. The van der Waals surface area contributed by atoms with E-state index in [9.17, 15) is 4.79 Å². The van der Waals surface area contributed by atoms with Crippen LogP contribution in [0.1, 0.15) is 12.0 Å². The molecule has 0 aliphatic heterocycles. The summed E-state index contributed by atoms with van der Waals surface area (Å²) in [6.07, 6.45) is 3.01. The molecule has 1 aromatic heterocycles. The number of methoxy groups -OCH3 is 1. The minimum Gasteiger partial charge on any atom is -1.00 e. The Kier molecular flexibility index (Phi) is 5.46. The van der Waals surface area contributed by atoms with Crippen molar-refractivity contribution in [3.05, 3.63) is 36.0 Å². The summed E-state index contributed by atoms with van der Waals surface area (Å²) in [7, 11) is 3.29. The normalized spacial score (nSPS) is 9.89. The van der Waals surface area contributed by atoms with Gasteiger partial charge in [-0.1, -0.05) is 22.9 Å². The van der Waals surface area contributed by atoms with Gasteiger partial charge in [0.2, 0.25) is 0 Å². The summed E-state index contributed by atoms with van der Waals surface area (Å²) in [5.74, 6) is -0.187. The maximum absolute atomic E-state index is 11.2. The van der Waals surface area contributed by atoms with Crippen LogP contribution < -0.4 is 28.7 Å². The SMILES string of the molecule is COC(=O)CCc1c[n+](C)nc2ccccc12.[I-]. The number of esters is 1. The van der Waals surface area contributed by atoms with Crippen molar-refractivity contribution < 1.29 is 38.2 Å². The highest BCUT2D eigenvalue weighted by Crippen LogP contribution is 2.15. The average molecular weight is 358 g/mol. The molecule has 0 saturated carbocycles. The number of rotatable bonds is 3. The fraction of sp³-hybridized carbons (Fsp3) is 0.308. The number of carbonyl (C=O) groups excluding carboxylic acids is 1. The van der Waals surface area contributed by atoms with Crippen LogP contribution in [0.25, 0.3) is 10.9 Å². The second kappa shape index (κ2) is 6.63. The molecule has 0 aliphatic rings. The summed E-state index contributed by atoms with van der Waals surface area (Å²) in [6.45, 7) is 0. The van der Waals surface area contributed by atoms with Crippen LogP contribution in [0, 0.1) is 0 Å². The van der Waals surface area contributed by atoms with E-state index in [1.165, 1.54) is 7.11 Å². The molecule has 0 amide bonds. The maximum Gasteiger partial charge on any atom is 0.305 e. The predicted molar refractivity (Wildman–Crippen MR) is 63.3 cm³/mol. The van der Waals surface area contributed by atoms with Crippen LogP contribution in [-0.4, -0.2) is 18.2 Å². The van der Waals surface area contributed by atoms with Crippen molar-refractivity contribution in [1.29, 1.82) is 0 Å². The highest BCUT2D eigenvalue weighted by Gasteiger charge is 2.10. The lowest BCUT2D eigenvalue weighted by molar-refractivity contribution is -0.728. The highest BCUT2D eigenvalue weighted by atomic mass is 127. The number of carbonyl (C=O) groups is 1. The monoisotopic (exact) mass is 358 g/mol. The van der Waals surface area contributed by atoms with E-state index < -0.39 is 0 Å². The summed E-state index contributed by atoms with van der Waals surface area (Å²) in [4.78, 5) is 11.2. The van der Waals surface area contributed by atoms with Gasteiger partial charge in [-0.05, 0) is 17.6 Å². The first kappa shape index (κ1) is 14.8. The molecule has 0 saturated heterocycles. The smallest absolute Gasteiger partial charge is 0.305 e. The van der Waals surface area contributed by atoms with Crippen LogP contribution in [-0.2, 0) is 23.0 Å². The Hall–Kier alpha value is -1.24. The van der Waals surface area contributed by atoms with Crippen molar-refractivity contribution in [1.82, 2.24) is 5.10 Å². The van der Waals surface area contributed by atoms with Crippen molar-refractivity contribution in [3.8, 4) is 0 Å². The lowest BCUT2D eigenvalue weighted by atomic mass is 10.1. The molecule has 4 nitrogen and oxygen atoms in total. The zero-order valence-corrected chi connectivity index (χ0v) is 12.5. The first-order valence-corrected chi connectivity index (χ1v) is 5.52. The van der Waals surface area contributed by atoms with Crippen LogP contribution in [0.15, 0.2) is 30.5 Å². The van der Waals surface area contributed by atoms with Crippen molar-refractivity contribution in [3.63, 3.8) is 0 Å². The lowest BCUT2D eigenvalue weighted by Gasteiger charge is -2.02. The molecule has 5 heteroatoms. The zero-order chi connectivity index (χ0) is 12.3. The van der Waals surface area contributed by atoms with Gasteiger partial charge in [0.25, 0.3) is 0 Å². The number of hydrogen-bond donors (Lipinski definition) is 0. The van der Waals surface area contributed by atoms with Gasteiger partial charge in [-0.2, -0.15) is 0 Å². The topological polar surface area (TPSA) is 43.1 Å². The van der Waals surface area contributed by atoms with Crippen LogP contribution in [0.3, 0.4) is 0 Å². The number of ether oxygens (including phenoxy) is 1. The van der Waals surface area contributed by atoms with Crippen molar-refractivity contribution >= 4 is 16.9 Å². The molecule has 2 aromatic rings. The van der Waals surface area contributed by atoms with E-state index in [4.69, 9.17) is 0 Å². The van der Waals surface area contributed by atoms with Gasteiger partial charge in [0.05, 0.1) is 7.11 Å². The summed E-state index contributed by atoms with van der Waals surface area (Å²) >= 11 is 0. The molecule has 1 heterocycles. The Balaban J connectivity index is 0.00000162. The zero-order valence-electron chi connectivity index (χ0n) is 10.4. The molecule has 0 atom stereocenters. The van der Waals surface area contributed by atoms with E-state index in [1.54, 1.807) is 4.68 Å². The van der Waals surface area contributed by atoms with Crippen LogP contribution in [0.4, 0.5) is 0 Å². The molecular weight excluding hydrogens is 343 g/mol. The number of hydrogen-bond acceptors (Lipinski definition) is 3. The predicted octanol–water partition coefficient (Wildman–Crippen LogP) is -1.83. The number of nitrogens with zero attached hydrogens (tertiary/aromatic N) is 2. The molecule has 1 aromatic carbocycles. The third kappa shape index (κ3) is 3.38. The van der Waals surface area contributed by atoms with Crippen molar-refractivity contribution in [2.45, 2.75) is 12.8 Å². The second-order valence-corrected chi connectivity index (χ2v) is 3.92. The van der Waals surface area contributed by atoms with Gasteiger partial charge >= 0.3 is 5.97 Å². The van der Waals surface area contributed by atoms with Crippen LogP contribution >= 0.6 is 0 Å². The number of fused-ring (bicyclic) bond motifs is 1. The molecule has 0 radical (unpaired) electrons. The van der Waals surface area contributed by atoms with Gasteiger partial charge in [-0.3, -0.25) is 4.79 Å². The van der Waals surface area contributed by atoms with Crippen molar-refractivity contribution in [2.24, 2.45) is 7.05 Å². The molecule has 0 bridgehead atoms. The van der Waals surface area contributed by atoms with Gasteiger partial charge in [0, 0.05) is 17.4 Å². The molecule has 0 spiro atoms. The Morgan fingerprint density at radius 3 is 2.83 bits per heavy atom. The molecule has 0 fully saturated rings. The third-order valence-corrected chi connectivity index (χ3v) is 2.68. The summed E-state index contributed by atoms with van der Waals surface area (Å²) < 4.78 is 6.43. The second-order valence-electron chi connectivity index (χ2n) is 3.92. The largest absolute Gasteiger partial charge is 1.00 e. The Bertz CT molecular complexity index is 558. The van der Waals surface area contributed by atoms with E-state index >= 15 is 0 Å². The lowest BCUT2D eigenvalue weighted by Crippen LogP contribution is -3.00. The quantitative estimate of drug-likeness (QED) is 0.368. The van der Waals surface area contributed by atoms with Gasteiger partial charge in [0.1, 0.15) is 5.52 Å². The Morgan fingerprint density at radius 1 is 1.39 bits per heavy atom. The minimum atomic E-state index is -0.187. The first-order chi connectivity index (χ1) is 8.20. The highest BCUT2D eigenvalue weighted by molar-refractivity contribution is 5.81. The fourth-order valence-electron chi connectivity index (χ4n) is 1.86.